The van der Waals surface area contributed by atoms with Crippen molar-refractivity contribution >= 4 is 39.1 Å². The van der Waals surface area contributed by atoms with Crippen molar-refractivity contribution in [3.8, 4) is 0 Å². The number of rotatable bonds is 7. The Morgan fingerprint density at radius 2 is 2.08 bits per heavy atom. The average molecular weight is 433 g/mol. The number of anilines is 1. The van der Waals surface area contributed by atoms with Crippen molar-refractivity contribution in [3.63, 3.8) is 0 Å². The molecule has 0 saturated heterocycles. The minimum absolute atomic E-state index is 0.577. The molecule has 26 heavy (non-hydrogen) atoms. The predicted molar refractivity (Wildman–Crippen MR) is 111 cm³/mol. The van der Waals surface area contributed by atoms with E-state index in [0.717, 1.165) is 36.3 Å². The Morgan fingerprint density at radius 1 is 1.23 bits per heavy atom. The lowest BCUT2D eigenvalue weighted by Crippen LogP contribution is -2.30. The molecule has 2 aromatic heterocycles. The highest BCUT2D eigenvalue weighted by molar-refractivity contribution is 9.10. The Bertz CT molecular complexity index is 872. The van der Waals surface area contributed by atoms with Crippen LogP contribution in [0.25, 0.3) is 0 Å². The van der Waals surface area contributed by atoms with Gasteiger partial charge in [-0.25, -0.2) is 0 Å². The van der Waals surface area contributed by atoms with Crippen LogP contribution in [0.2, 0.25) is 0 Å². The first-order chi connectivity index (χ1) is 12.6. The summed E-state index contributed by atoms with van der Waals surface area (Å²) in [5.41, 5.74) is 2.52. The molecule has 0 fully saturated rings. The summed E-state index contributed by atoms with van der Waals surface area (Å²) in [6, 6.07) is 10.2. The standard InChI is InChI=1S/C18H21BrN6S/c1-14-5-2-3-6-15(14)12-25-10-7-17(23-25)22-18(26)20-8-4-9-24-13-16(19)11-21-24/h2-3,5-7,10-11,13H,4,8-9,12H2,1H3,(H2,20,22,23,26). The second kappa shape index (κ2) is 8.95. The fourth-order valence-corrected chi connectivity index (χ4v) is 3.08. The minimum Gasteiger partial charge on any atom is -0.362 e. The van der Waals surface area contributed by atoms with Crippen LogP contribution in [0.1, 0.15) is 17.5 Å². The van der Waals surface area contributed by atoms with Gasteiger partial charge in [-0.15, -0.1) is 0 Å². The lowest BCUT2D eigenvalue weighted by Gasteiger charge is -2.09. The number of hydrogen-bond donors (Lipinski definition) is 2. The van der Waals surface area contributed by atoms with Gasteiger partial charge in [0.2, 0.25) is 0 Å². The summed E-state index contributed by atoms with van der Waals surface area (Å²) in [6.07, 6.45) is 6.62. The van der Waals surface area contributed by atoms with Gasteiger partial charge >= 0.3 is 0 Å². The van der Waals surface area contributed by atoms with Crippen LogP contribution in [0.4, 0.5) is 5.82 Å². The van der Waals surface area contributed by atoms with Gasteiger partial charge in [0, 0.05) is 31.5 Å². The van der Waals surface area contributed by atoms with Gasteiger partial charge in [0.15, 0.2) is 10.9 Å². The van der Waals surface area contributed by atoms with E-state index in [4.69, 9.17) is 12.2 Å². The quantitative estimate of drug-likeness (QED) is 0.441. The Labute approximate surface area is 166 Å². The highest BCUT2D eigenvalue weighted by Gasteiger charge is 2.04. The predicted octanol–water partition coefficient (Wildman–Crippen LogP) is 3.58. The number of aryl methyl sites for hydroxylation is 2. The summed E-state index contributed by atoms with van der Waals surface area (Å²) in [5.74, 6) is 0.743. The van der Waals surface area contributed by atoms with Gasteiger partial charge in [-0.05, 0) is 52.6 Å². The van der Waals surface area contributed by atoms with E-state index in [1.165, 1.54) is 11.1 Å². The fraction of sp³-hybridized carbons (Fsp3) is 0.278. The maximum Gasteiger partial charge on any atom is 0.171 e. The summed E-state index contributed by atoms with van der Waals surface area (Å²) in [6.45, 7) is 4.46. The van der Waals surface area contributed by atoms with Crippen LogP contribution >= 0.6 is 28.1 Å². The number of nitrogens with zero attached hydrogens (tertiary/aromatic N) is 4. The number of thiocarbonyl (C=S) groups is 1. The summed E-state index contributed by atoms with van der Waals surface area (Å²) < 4.78 is 4.79. The van der Waals surface area contributed by atoms with Crippen LogP contribution < -0.4 is 10.6 Å². The summed E-state index contributed by atoms with van der Waals surface area (Å²) >= 11 is 8.72. The van der Waals surface area contributed by atoms with Crippen LogP contribution in [0, 0.1) is 6.92 Å². The molecule has 3 rings (SSSR count). The van der Waals surface area contributed by atoms with Crippen molar-refractivity contribution in [2.45, 2.75) is 26.4 Å². The first kappa shape index (κ1) is 18.6. The smallest absolute Gasteiger partial charge is 0.171 e. The second-order valence-corrected chi connectivity index (χ2v) is 7.31. The molecule has 3 aromatic rings. The maximum atomic E-state index is 5.33. The topological polar surface area (TPSA) is 59.7 Å². The largest absolute Gasteiger partial charge is 0.362 e. The van der Waals surface area contributed by atoms with Crippen molar-refractivity contribution in [1.82, 2.24) is 24.9 Å². The van der Waals surface area contributed by atoms with Gasteiger partial charge in [-0.1, -0.05) is 24.3 Å². The Kier molecular flexibility index (Phi) is 6.40. The second-order valence-electron chi connectivity index (χ2n) is 5.98. The first-order valence-corrected chi connectivity index (χ1v) is 9.61. The van der Waals surface area contributed by atoms with Crippen molar-refractivity contribution < 1.29 is 0 Å². The maximum absolute atomic E-state index is 5.33. The SMILES string of the molecule is Cc1ccccc1Cn1ccc(NC(=S)NCCCn2cc(Br)cn2)n1. The molecule has 0 aliphatic rings. The van der Waals surface area contributed by atoms with E-state index in [2.05, 4.69) is 55.8 Å². The van der Waals surface area contributed by atoms with Crippen LogP contribution in [0.15, 0.2) is 53.4 Å². The van der Waals surface area contributed by atoms with Gasteiger partial charge in [0.1, 0.15) is 0 Å². The Balaban J connectivity index is 1.42. The molecule has 0 bridgehead atoms. The minimum atomic E-state index is 0.577. The molecule has 0 amide bonds. The van der Waals surface area contributed by atoms with E-state index in [-0.39, 0.29) is 0 Å². The number of aromatic nitrogens is 4. The third kappa shape index (κ3) is 5.40. The Morgan fingerprint density at radius 3 is 2.85 bits per heavy atom. The zero-order chi connectivity index (χ0) is 18.4. The lowest BCUT2D eigenvalue weighted by atomic mass is 10.1. The molecule has 0 saturated carbocycles. The molecule has 136 valence electrons. The molecule has 1 aromatic carbocycles. The molecule has 0 spiro atoms. The van der Waals surface area contributed by atoms with E-state index in [0.29, 0.717) is 5.11 Å². The molecule has 8 heteroatoms. The summed E-state index contributed by atoms with van der Waals surface area (Å²) in [4.78, 5) is 0. The molecule has 2 heterocycles. The summed E-state index contributed by atoms with van der Waals surface area (Å²) in [5, 5.41) is 15.6. The van der Waals surface area contributed by atoms with E-state index in [9.17, 15) is 0 Å². The first-order valence-electron chi connectivity index (χ1n) is 8.41. The molecule has 0 radical (unpaired) electrons. The number of hydrogen-bond acceptors (Lipinski definition) is 3. The number of halogens is 1. The highest BCUT2D eigenvalue weighted by atomic mass is 79.9. The average Bonchev–Trinajstić information content (AvgIpc) is 3.23. The normalized spacial score (nSPS) is 10.7. The third-order valence-corrected chi connectivity index (χ3v) is 4.58. The molecule has 0 atom stereocenters. The van der Waals surface area contributed by atoms with Crippen molar-refractivity contribution in [1.29, 1.82) is 0 Å². The highest BCUT2D eigenvalue weighted by Crippen LogP contribution is 2.10. The van der Waals surface area contributed by atoms with E-state index < -0.39 is 0 Å². The van der Waals surface area contributed by atoms with Gasteiger partial charge in [-0.2, -0.15) is 10.2 Å². The molecule has 0 aliphatic heterocycles. The van der Waals surface area contributed by atoms with Crippen molar-refractivity contribution in [3.05, 3.63) is 64.5 Å². The zero-order valence-electron chi connectivity index (χ0n) is 14.5. The number of benzene rings is 1. The molecule has 0 aliphatic carbocycles. The third-order valence-electron chi connectivity index (χ3n) is 3.93. The fourth-order valence-electron chi connectivity index (χ4n) is 2.54. The Hall–Kier alpha value is -2.19. The summed E-state index contributed by atoms with van der Waals surface area (Å²) in [7, 11) is 0. The molecule has 2 N–H and O–H groups in total. The van der Waals surface area contributed by atoms with Crippen LogP contribution in [-0.2, 0) is 13.1 Å². The monoisotopic (exact) mass is 432 g/mol. The van der Waals surface area contributed by atoms with Crippen LogP contribution in [-0.4, -0.2) is 31.2 Å². The van der Waals surface area contributed by atoms with Gasteiger partial charge < -0.3 is 10.6 Å². The van der Waals surface area contributed by atoms with Gasteiger partial charge in [0.05, 0.1) is 17.2 Å². The number of nitrogens with one attached hydrogen (secondary N) is 2. The van der Waals surface area contributed by atoms with Crippen LogP contribution in [0.5, 0.6) is 0 Å². The van der Waals surface area contributed by atoms with Crippen molar-refractivity contribution in [2.75, 3.05) is 11.9 Å². The molecule has 6 nitrogen and oxygen atoms in total. The zero-order valence-corrected chi connectivity index (χ0v) is 16.9. The van der Waals surface area contributed by atoms with Crippen molar-refractivity contribution in [2.24, 2.45) is 0 Å². The molecule has 0 unspecified atom stereocenters. The molecular formula is C18H21BrN6S. The molecular weight excluding hydrogens is 412 g/mol. The van der Waals surface area contributed by atoms with E-state index in [1.807, 2.05) is 40.0 Å². The van der Waals surface area contributed by atoms with Gasteiger partial charge in [-0.3, -0.25) is 9.36 Å². The van der Waals surface area contributed by atoms with Crippen LogP contribution in [0.3, 0.4) is 0 Å². The van der Waals surface area contributed by atoms with E-state index >= 15 is 0 Å². The van der Waals surface area contributed by atoms with Gasteiger partial charge in [0.25, 0.3) is 0 Å². The lowest BCUT2D eigenvalue weighted by molar-refractivity contribution is 0.573. The van der Waals surface area contributed by atoms with E-state index in [1.54, 1.807) is 6.20 Å².